The summed E-state index contributed by atoms with van der Waals surface area (Å²) >= 11 is 0. The molecule has 1 nitrogen and oxygen atoms in total. The van der Waals surface area contributed by atoms with Crippen molar-refractivity contribution in [2.75, 3.05) is 0 Å². The third-order valence-electron chi connectivity index (χ3n) is 2.16. The third kappa shape index (κ3) is 2.05. The molecular formula is C12H7F3N. The second-order valence-electron chi connectivity index (χ2n) is 3.21. The van der Waals surface area contributed by atoms with Gasteiger partial charge in [0.05, 0.1) is 5.56 Å². The molecule has 1 radical (unpaired) electrons. The van der Waals surface area contributed by atoms with E-state index in [0.717, 1.165) is 6.07 Å². The van der Waals surface area contributed by atoms with Crippen LogP contribution in [0.3, 0.4) is 0 Å². The number of alkyl halides is 3. The maximum atomic E-state index is 12.7. The van der Waals surface area contributed by atoms with Gasteiger partial charge < -0.3 is 0 Å². The standard InChI is InChI=1S/C12H7F3N/c13-12(14,15)11-4-2-1-3-10(11)9-5-7-16-8-6-9/h1,3-8H. The second kappa shape index (κ2) is 3.96. The molecule has 4 heteroatoms. The molecule has 1 aromatic heterocycles. The molecule has 2 aromatic rings. The Morgan fingerprint density at radius 3 is 2.38 bits per heavy atom. The largest absolute Gasteiger partial charge is 0.417 e. The Balaban J connectivity index is 2.58. The Hall–Kier alpha value is -1.84. The summed E-state index contributed by atoms with van der Waals surface area (Å²) in [5, 5.41) is 0. The van der Waals surface area contributed by atoms with Gasteiger partial charge in [0.15, 0.2) is 0 Å². The van der Waals surface area contributed by atoms with Crippen LogP contribution in [0.15, 0.2) is 42.7 Å². The molecule has 0 aliphatic carbocycles. The number of benzene rings is 1. The van der Waals surface area contributed by atoms with Gasteiger partial charge in [-0.05, 0) is 35.4 Å². The summed E-state index contributed by atoms with van der Waals surface area (Å²) in [5.74, 6) is 0. The Labute approximate surface area is 90.6 Å². The summed E-state index contributed by atoms with van der Waals surface area (Å²) in [7, 11) is 0. The van der Waals surface area contributed by atoms with E-state index in [1.54, 1.807) is 12.1 Å². The number of halogens is 3. The highest BCUT2D eigenvalue weighted by Crippen LogP contribution is 2.36. The first-order valence-electron chi connectivity index (χ1n) is 4.57. The lowest BCUT2D eigenvalue weighted by molar-refractivity contribution is -0.137. The summed E-state index contributed by atoms with van der Waals surface area (Å²) in [6.07, 6.45) is -1.44. The Morgan fingerprint density at radius 2 is 1.75 bits per heavy atom. The van der Waals surface area contributed by atoms with E-state index >= 15 is 0 Å². The van der Waals surface area contributed by atoms with Crippen LogP contribution in [0.25, 0.3) is 11.1 Å². The van der Waals surface area contributed by atoms with Crippen molar-refractivity contribution in [3.05, 3.63) is 54.4 Å². The quantitative estimate of drug-likeness (QED) is 0.718. The summed E-state index contributed by atoms with van der Waals surface area (Å²) in [6.45, 7) is 0. The van der Waals surface area contributed by atoms with Crippen molar-refractivity contribution in [2.45, 2.75) is 6.18 Å². The SMILES string of the molecule is FC(F)(F)c1c[c]ccc1-c1ccncc1. The molecule has 1 aromatic carbocycles. The highest BCUT2D eigenvalue weighted by Gasteiger charge is 2.33. The fraction of sp³-hybridized carbons (Fsp3) is 0.0833. The molecule has 0 spiro atoms. The van der Waals surface area contributed by atoms with Crippen LogP contribution >= 0.6 is 0 Å². The van der Waals surface area contributed by atoms with Crippen LogP contribution in [0.4, 0.5) is 13.2 Å². The molecule has 0 saturated heterocycles. The van der Waals surface area contributed by atoms with Crippen molar-refractivity contribution in [2.24, 2.45) is 0 Å². The van der Waals surface area contributed by atoms with E-state index in [9.17, 15) is 13.2 Å². The van der Waals surface area contributed by atoms with Crippen LogP contribution in [0, 0.1) is 6.07 Å². The molecule has 0 unspecified atom stereocenters. The maximum absolute atomic E-state index is 12.7. The van der Waals surface area contributed by atoms with Crippen LogP contribution in [-0.4, -0.2) is 4.98 Å². The zero-order chi connectivity index (χ0) is 11.6. The average Bonchev–Trinajstić information content (AvgIpc) is 2.29. The van der Waals surface area contributed by atoms with Gasteiger partial charge in [-0.15, -0.1) is 0 Å². The molecule has 0 amide bonds. The molecular weight excluding hydrogens is 215 g/mol. The number of aromatic nitrogens is 1. The van der Waals surface area contributed by atoms with Crippen LogP contribution in [-0.2, 0) is 6.18 Å². The first-order chi connectivity index (χ1) is 7.59. The van der Waals surface area contributed by atoms with Crippen molar-refractivity contribution < 1.29 is 13.2 Å². The van der Waals surface area contributed by atoms with E-state index in [0.29, 0.717) is 5.56 Å². The minimum atomic E-state index is -4.36. The normalized spacial score (nSPS) is 11.4. The minimum Gasteiger partial charge on any atom is -0.265 e. The smallest absolute Gasteiger partial charge is 0.265 e. The lowest BCUT2D eigenvalue weighted by Crippen LogP contribution is -2.06. The molecule has 16 heavy (non-hydrogen) atoms. The fourth-order valence-corrected chi connectivity index (χ4v) is 1.45. The van der Waals surface area contributed by atoms with Crippen molar-refractivity contribution in [1.29, 1.82) is 0 Å². The van der Waals surface area contributed by atoms with Crippen molar-refractivity contribution in [1.82, 2.24) is 4.98 Å². The molecule has 81 valence electrons. The summed E-state index contributed by atoms with van der Waals surface area (Å²) in [6, 6.07) is 9.35. The van der Waals surface area contributed by atoms with E-state index in [4.69, 9.17) is 0 Å². The number of rotatable bonds is 1. The predicted octanol–water partition coefficient (Wildman–Crippen LogP) is 3.57. The summed E-state index contributed by atoms with van der Waals surface area (Å²) in [4.78, 5) is 3.77. The number of pyridine rings is 1. The van der Waals surface area contributed by atoms with Crippen LogP contribution < -0.4 is 0 Å². The average molecular weight is 222 g/mol. The van der Waals surface area contributed by atoms with Gasteiger partial charge in [-0.2, -0.15) is 13.2 Å². The van der Waals surface area contributed by atoms with Gasteiger partial charge in [0, 0.05) is 12.4 Å². The number of hydrogen-bond acceptors (Lipinski definition) is 1. The predicted molar refractivity (Wildman–Crippen MR) is 53.5 cm³/mol. The maximum Gasteiger partial charge on any atom is 0.417 e. The monoisotopic (exact) mass is 222 g/mol. The first kappa shape index (κ1) is 10.7. The molecule has 0 atom stereocenters. The minimum absolute atomic E-state index is 0.147. The van der Waals surface area contributed by atoms with Crippen LogP contribution in [0.2, 0.25) is 0 Å². The van der Waals surface area contributed by atoms with Crippen molar-refractivity contribution in [3.63, 3.8) is 0 Å². The zero-order valence-corrected chi connectivity index (χ0v) is 8.12. The Morgan fingerprint density at radius 1 is 1.06 bits per heavy atom. The number of nitrogens with zero attached hydrogens (tertiary/aromatic N) is 1. The van der Waals surface area contributed by atoms with Crippen molar-refractivity contribution in [3.8, 4) is 11.1 Å². The fourth-order valence-electron chi connectivity index (χ4n) is 1.45. The Kier molecular flexibility index (Phi) is 2.64. The molecule has 0 aliphatic heterocycles. The highest BCUT2D eigenvalue weighted by molar-refractivity contribution is 5.67. The molecule has 0 fully saturated rings. The van der Waals surface area contributed by atoms with Gasteiger partial charge in [0.1, 0.15) is 0 Å². The topological polar surface area (TPSA) is 12.9 Å². The second-order valence-corrected chi connectivity index (χ2v) is 3.21. The van der Waals surface area contributed by atoms with Gasteiger partial charge >= 0.3 is 6.18 Å². The summed E-state index contributed by atoms with van der Waals surface area (Å²) < 4.78 is 38.1. The van der Waals surface area contributed by atoms with Gasteiger partial charge in [-0.25, -0.2) is 0 Å². The van der Waals surface area contributed by atoms with E-state index in [-0.39, 0.29) is 5.56 Å². The van der Waals surface area contributed by atoms with E-state index in [1.165, 1.54) is 24.5 Å². The van der Waals surface area contributed by atoms with E-state index in [2.05, 4.69) is 11.1 Å². The first-order valence-corrected chi connectivity index (χ1v) is 4.57. The molecule has 0 bridgehead atoms. The van der Waals surface area contributed by atoms with Gasteiger partial charge in [0.2, 0.25) is 0 Å². The lowest BCUT2D eigenvalue weighted by Gasteiger charge is -2.12. The molecule has 2 rings (SSSR count). The molecule has 1 heterocycles. The zero-order valence-electron chi connectivity index (χ0n) is 8.12. The highest BCUT2D eigenvalue weighted by atomic mass is 19.4. The lowest BCUT2D eigenvalue weighted by atomic mass is 10.0. The third-order valence-corrected chi connectivity index (χ3v) is 2.16. The van der Waals surface area contributed by atoms with Crippen LogP contribution in [0.1, 0.15) is 5.56 Å². The number of hydrogen-bond donors (Lipinski definition) is 0. The van der Waals surface area contributed by atoms with E-state index < -0.39 is 11.7 Å². The van der Waals surface area contributed by atoms with Crippen LogP contribution in [0.5, 0.6) is 0 Å². The molecule has 0 aliphatic rings. The van der Waals surface area contributed by atoms with Gasteiger partial charge in [0.25, 0.3) is 0 Å². The molecule has 0 N–H and O–H groups in total. The summed E-state index contributed by atoms with van der Waals surface area (Å²) in [5.41, 5.74) is -0.0359. The van der Waals surface area contributed by atoms with E-state index in [1.807, 2.05) is 0 Å². The van der Waals surface area contributed by atoms with Gasteiger partial charge in [-0.1, -0.05) is 12.1 Å². The van der Waals surface area contributed by atoms with Gasteiger partial charge in [-0.3, -0.25) is 4.98 Å². The van der Waals surface area contributed by atoms with Crippen molar-refractivity contribution >= 4 is 0 Å². The Bertz CT molecular complexity index is 477. The molecule has 0 saturated carbocycles.